The Morgan fingerprint density at radius 3 is 2.28 bits per heavy atom. The van der Waals surface area contributed by atoms with E-state index in [1.807, 2.05) is 83.4 Å². The standard InChI is InChI=1S/C32H29N11O.3C2H6/c1-20-29(44-19-37-20)25-8-9-26-32(39-25)43(31(40-26)24-3-2-13-36-30(24)34)23-6-4-21(5-7-23)18-42-15-11-22(12-16-42)38-27-10-14-35-28(17-33)41-27;3*1-2/h2-10,13-14,19,22H,11-12,15-16,18H2,1H3,(H2,34,36)(H,35,38,41);3*1-2H3. The van der Waals surface area contributed by atoms with Crippen LogP contribution in [-0.4, -0.2) is 58.5 Å². The monoisotopic (exact) mass is 673 g/mol. The summed E-state index contributed by atoms with van der Waals surface area (Å²) in [4.78, 5) is 29.1. The fourth-order valence-corrected chi connectivity index (χ4v) is 5.61. The number of nitrogens with zero attached hydrogens (tertiary/aromatic N) is 9. The van der Waals surface area contributed by atoms with Gasteiger partial charge in [0.05, 0.1) is 11.3 Å². The molecule has 0 spiro atoms. The number of rotatable bonds is 7. The molecule has 0 saturated carbocycles. The van der Waals surface area contributed by atoms with E-state index in [-0.39, 0.29) is 5.82 Å². The molecule has 1 aliphatic heterocycles. The Morgan fingerprint density at radius 1 is 0.880 bits per heavy atom. The third-order valence-electron chi connectivity index (χ3n) is 7.86. The van der Waals surface area contributed by atoms with Crippen molar-refractivity contribution in [3.05, 3.63) is 90.5 Å². The first-order valence-electron chi connectivity index (χ1n) is 17.4. The predicted octanol–water partition coefficient (Wildman–Crippen LogP) is 7.84. The molecule has 0 amide bonds. The lowest BCUT2D eigenvalue weighted by Crippen LogP contribution is -2.38. The largest absolute Gasteiger partial charge is 0.442 e. The highest BCUT2D eigenvalue weighted by atomic mass is 16.3. The molecule has 0 unspecified atom stereocenters. The van der Waals surface area contributed by atoms with Gasteiger partial charge in [0.2, 0.25) is 5.82 Å². The van der Waals surface area contributed by atoms with E-state index in [0.29, 0.717) is 40.6 Å². The zero-order chi connectivity index (χ0) is 36.0. The SMILES string of the molecule is CC.CC.CC.Cc1ncoc1-c1ccc2nc(-c3cccnc3N)n(-c3ccc(CN4CCC(Nc5ccnc(C#N)n5)CC4)cc3)c2n1. The summed E-state index contributed by atoms with van der Waals surface area (Å²) in [6.45, 7) is 16.7. The highest BCUT2D eigenvalue weighted by Gasteiger charge is 2.22. The quantitative estimate of drug-likeness (QED) is 0.170. The van der Waals surface area contributed by atoms with Crippen molar-refractivity contribution in [3.8, 4) is 34.6 Å². The van der Waals surface area contributed by atoms with Crippen molar-refractivity contribution in [2.45, 2.75) is 73.9 Å². The van der Waals surface area contributed by atoms with Crippen molar-refractivity contribution < 1.29 is 4.42 Å². The average molecular weight is 674 g/mol. The molecule has 0 bridgehead atoms. The number of aromatic nitrogens is 7. The van der Waals surface area contributed by atoms with Crippen molar-refractivity contribution in [2.24, 2.45) is 0 Å². The fraction of sp³-hybridized carbons (Fsp3) is 0.342. The molecule has 1 saturated heterocycles. The summed E-state index contributed by atoms with van der Waals surface area (Å²) in [7, 11) is 0. The Bertz CT molecular complexity index is 1980. The summed E-state index contributed by atoms with van der Waals surface area (Å²) in [6, 6.07) is 20.2. The Kier molecular flexibility index (Phi) is 13.5. The molecule has 0 radical (unpaired) electrons. The maximum Gasteiger partial charge on any atom is 0.234 e. The van der Waals surface area contributed by atoms with Crippen molar-refractivity contribution in [3.63, 3.8) is 0 Å². The Labute approximate surface area is 294 Å². The van der Waals surface area contributed by atoms with Crippen LogP contribution in [-0.2, 0) is 6.54 Å². The lowest BCUT2D eigenvalue weighted by atomic mass is 10.0. The lowest BCUT2D eigenvalue weighted by Gasteiger charge is -2.32. The minimum Gasteiger partial charge on any atom is -0.442 e. The summed E-state index contributed by atoms with van der Waals surface area (Å²) < 4.78 is 7.65. The number of pyridine rings is 2. The van der Waals surface area contributed by atoms with E-state index in [0.717, 1.165) is 54.9 Å². The molecule has 0 atom stereocenters. The first kappa shape index (κ1) is 37.2. The number of hydrogen-bond acceptors (Lipinski definition) is 11. The summed E-state index contributed by atoms with van der Waals surface area (Å²) in [5.41, 5.74) is 12.0. The lowest BCUT2D eigenvalue weighted by molar-refractivity contribution is 0.211. The molecule has 3 N–H and O–H groups in total. The summed E-state index contributed by atoms with van der Waals surface area (Å²) in [6.07, 6.45) is 6.68. The topological polar surface area (TPSA) is 160 Å². The number of likely N-dealkylation sites (tertiary alicyclic amines) is 1. The molecule has 1 fully saturated rings. The van der Waals surface area contributed by atoms with Crippen LogP contribution in [0.15, 0.2) is 77.8 Å². The van der Waals surface area contributed by atoms with E-state index < -0.39 is 0 Å². The first-order valence-corrected chi connectivity index (χ1v) is 17.4. The molecule has 1 aromatic carbocycles. The van der Waals surface area contributed by atoms with E-state index in [4.69, 9.17) is 25.4 Å². The van der Waals surface area contributed by atoms with Crippen LogP contribution in [0.5, 0.6) is 0 Å². The Balaban J connectivity index is 0.000000890. The van der Waals surface area contributed by atoms with Crippen LogP contribution in [0.2, 0.25) is 0 Å². The molecule has 50 heavy (non-hydrogen) atoms. The summed E-state index contributed by atoms with van der Waals surface area (Å²) >= 11 is 0. The molecule has 1 aliphatic rings. The number of anilines is 2. The Hall–Kier alpha value is -5.67. The van der Waals surface area contributed by atoms with Gasteiger partial charge in [-0.3, -0.25) is 9.47 Å². The number of nitrogens with two attached hydrogens (primary N) is 1. The zero-order valence-electron chi connectivity index (χ0n) is 30.1. The molecule has 260 valence electrons. The van der Waals surface area contributed by atoms with E-state index in [9.17, 15) is 0 Å². The van der Waals surface area contributed by atoms with Crippen LogP contribution in [0.1, 0.15) is 71.5 Å². The van der Waals surface area contributed by atoms with Gasteiger partial charge in [-0.2, -0.15) is 5.26 Å². The van der Waals surface area contributed by atoms with Crippen LogP contribution in [0.4, 0.5) is 11.6 Å². The molecule has 6 aromatic rings. The van der Waals surface area contributed by atoms with Crippen molar-refractivity contribution in [2.75, 3.05) is 24.1 Å². The van der Waals surface area contributed by atoms with Gasteiger partial charge in [0, 0.05) is 43.8 Å². The van der Waals surface area contributed by atoms with Crippen molar-refractivity contribution in [1.29, 1.82) is 5.26 Å². The Morgan fingerprint density at radius 2 is 1.62 bits per heavy atom. The second-order valence-corrected chi connectivity index (χ2v) is 10.8. The van der Waals surface area contributed by atoms with Gasteiger partial charge >= 0.3 is 0 Å². The summed E-state index contributed by atoms with van der Waals surface area (Å²) in [5.74, 6) is 2.56. The average Bonchev–Trinajstić information content (AvgIpc) is 3.78. The third kappa shape index (κ3) is 8.48. The van der Waals surface area contributed by atoms with E-state index in [2.05, 4.69) is 54.4 Å². The molecule has 0 aliphatic carbocycles. The second-order valence-electron chi connectivity index (χ2n) is 10.8. The van der Waals surface area contributed by atoms with Crippen LogP contribution in [0.3, 0.4) is 0 Å². The number of nitrogens with one attached hydrogen (secondary N) is 1. The number of benzene rings is 1. The number of imidazole rings is 1. The normalized spacial score (nSPS) is 12.8. The van der Waals surface area contributed by atoms with Gasteiger partial charge in [0.15, 0.2) is 23.6 Å². The third-order valence-corrected chi connectivity index (χ3v) is 7.86. The van der Waals surface area contributed by atoms with Crippen LogP contribution in [0.25, 0.3) is 39.7 Å². The highest BCUT2D eigenvalue weighted by molar-refractivity contribution is 5.84. The number of aryl methyl sites for hydroxylation is 1. The molecule has 6 heterocycles. The van der Waals surface area contributed by atoms with Gasteiger partial charge in [0.25, 0.3) is 0 Å². The highest BCUT2D eigenvalue weighted by Crippen LogP contribution is 2.32. The number of piperidine rings is 1. The number of nitriles is 1. The van der Waals surface area contributed by atoms with Crippen molar-refractivity contribution in [1.82, 2.24) is 39.4 Å². The number of nitrogen functional groups attached to an aromatic ring is 1. The minimum absolute atomic E-state index is 0.178. The maximum atomic E-state index is 9.06. The van der Waals surface area contributed by atoms with Crippen LogP contribution in [0, 0.1) is 18.3 Å². The fourth-order valence-electron chi connectivity index (χ4n) is 5.61. The number of hydrogen-bond donors (Lipinski definition) is 2. The summed E-state index contributed by atoms with van der Waals surface area (Å²) in [5, 5.41) is 12.5. The predicted molar refractivity (Wildman–Crippen MR) is 199 cm³/mol. The molecular formula is C38H47N11O. The van der Waals surface area contributed by atoms with Crippen molar-refractivity contribution >= 4 is 22.8 Å². The van der Waals surface area contributed by atoms with Crippen LogP contribution >= 0.6 is 0 Å². The molecular weight excluding hydrogens is 626 g/mol. The van der Waals surface area contributed by atoms with Gasteiger partial charge in [-0.15, -0.1) is 0 Å². The molecule has 12 nitrogen and oxygen atoms in total. The molecule has 12 heteroatoms. The van der Waals surface area contributed by atoms with Gasteiger partial charge < -0.3 is 15.5 Å². The zero-order valence-corrected chi connectivity index (χ0v) is 30.1. The van der Waals surface area contributed by atoms with Gasteiger partial charge in [-0.1, -0.05) is 53.7 Å². The maximum absolute atomic E-state index is 9.06. The second kappa shape index (κ2) is 18.2. The number of fused-ring (bicyclic) bond motifs is 1. The van der Waals surface area contributed by atoms with E-state index in [1.165, 1.54) is 12.0 Å². The number of oxazole rings is 1. The van der Waals surface area contributed by atoms with Gasteiger partial charge in [-0.25, -0.2) is 29.9 Å². The minimum atomic E-state index is 0.178. The van der Waals surface area contributed by atoms with E-state index in [1.54, 1.807) is 18.5 Å². The van der Waals surface area contributed by atoms with Gasteiger partial charge in [-0.05, 0) is 67.8 Å². The van der Waals surface area contributed by atoms with E-state index >= 15 is 0 Å². The van der Waals surface area contributed by atoms with Gasteiger partial charge in [0.1, 0.15) is 28.9 Å². The smallest absolute Gasteiger partial charge is 0.234 e. The molecule has 7 rings (SSSR count). The van der Waals surface area contributed by atoms with Crippen LogP contribution < -0.4 is 11.1 Å². The first-order chi connectivity index (χ1) is 24.6. The molecule has 5 aromatic heterocycles.